The van der Waals surface area contributed by atoms with Gasteiger partial charge in [-0.15, -0.1) is 0 Å². The van der Waals surface area contributed by atoms with E-state index in [1.54, 1.807) is 6.07 Å². The van der Waals surface area contributed by atoms with Gasteiger partial charge in [0.05, 0.1) is 0 Å². The van der Waals surface area contributed by atoms with Gasteiger partial charge in [-0.1, -0.05) is 0 Å². The highest BCUT2D eigenvalue weighted by molar-refractivity contribution is 5.39. The van der Waals surface area contributed by atoms with Gasteiger partial charge in [0.25, 0.3) is 0 Å². The summed E-state index contributed by atoms with van der Waals surface area (Å²) in [6.45, 7) is 0. The second-order valence-electron chi connectivity index (χ2n) is 4.47. The molecule has 1 aromatic rings. The molecular formula is C12H12F3N3O. The number of hydrogen-bond donors (Lipinski definition) is 1. The van der Waals surface area contributed by atoms with Gasteiger partial charge in [0.2, 0.25) is 5.88 Å². The molecule has 2 N–H and O–H groups in total. The van der Waals surface area contributed by atoms with Crippen LogP contribution in [-0.2, 0) is 6.18 Å². The molecule has 0 amide bonds. The lowest BCUT2D eigenvalue weighted by Crippen LogP contribution is -2.20. The Morgan fingerprint density at radius 3 is 2.63 bits per heavy atom. The number of hydrogen-bond acceptors (Lipinski definition) is 4. The molecule has 1 aromatic heterocycles. The summed E-state index contributed by atoms with van der Waals surface area (Å²) in [5.41, 5.74) is 4.63. The average Bonchev–Trinajstić information content (AvgIpc) is 2.73. The molecule has 2 atom stereocenters. The van der Waals surface area contributed by atoms with Crippen molar-refractivity contribution in [3.05, 3.63) is 23.4 Å². The summed E-state index contributed by atoms with van der Waals surface area (Å²) in [6, 6.07) is 3.60. The lowest BCUT2D eigenvalue weighted by Gasteiger charge is -2.15. The van der Waals surface area contributed by atoms with E-state index in [4.69, 9.17) is 15.7 Å². The third kappa shape index (κ3) is 3.15. The van der Waals surface area contributed by atoms with Crippen molar-refractivity contribution in [1.29, 1.82) is 5.26 Å². The molecule has 0 bridgehead atoms. The Hall–Kier alpha value is -1.81. The average molecular weight is 271 g/mol. The Morgan fingerprint density at radius 1 is 1.37 bits per heavy atom. The van der Waals surface area contributed by atoms with E-state index < -0.39 is 11.9 Å². The number of aromatic nitrogens is 1. The molecule has 1 saturated carbocycles. The number of halogens is 3. The van der Waals surface area contributed by atoms with Gasteiger partial charge in [-0.05, 0) is 31.4 Å². The largest absolute Gasteiger partial charge is 0.473 e. The van der Waals surface area contributed by atoms with E-state index in [1.807, 2.05) is 0 Å². The van der Waals surface area contributed by atoms with E-state index in [1.165, 1.54) is 0 Å². The van der Waals surface area contributed by atoms with Gasteiger partial charge < -0.3 is 10.5 Å². The minimum Gasteiger partial charge on any atom is -0.473 e. The highest BCUT2D eigenvalue weighted by Crippen LogP contribution is 2.31. The first-order valence-corrected chi connectivity index (χ1v) is 5.80. The molecule has 2 rings (SSSR count). The van der Waals surface area contributed by atoms with Crippen LogP contribution >= 0.6 is 0 Å². The molecule has 0 aromatic carbocycles. The molecule has 1 heterocycles. The normalized spacial score (nSPS) is 23.1. The fourth-order valence-electron chi connectivity index (χ4n) is 2.01. The molecule has 102 valence electrons. The summed E-state index contributed by atoms with van der Waals surface area (Å²) in [5.74, 6) is -0.267. The van der Waals surface area contributed by atoms with Crippen LogP contribution in [0.1, 0.15) is 30.5 Å². The molecule has 0 radical (unpaired) electrons. The van der Waals surface area contributed by atoms with Crippen molar-refractivity contribution >= 4 is 0 Å². The number of pyridine rings is 1. The fourth-order valence-corrected chi connectivity index (χ4v) is 2.01. The Morgan fingerprint density at radius 2 is 2.11 bits per heavy atom. The summed E-state index contributed by atoms with van der Waals surface area (Å²) in [7, 11) is 0. The molecule has 7 heteroatoms. The first kappa shape index (κ1) is 13.6. The highest BCUT2D eigenvalue weighted by atomic mass is 19.4. The lowest BCUT2D eigenvalue weighted by atomic mass is 10.2. The van der Waals surface area contributed by atoms with Gasteiger partial charge in [0, 0.05) is 6.04 Å². The van der Waals surface area contributed by atoms with E-state index in [0.29, 0.717) is 12.8 Å². The van der Waals surface area contributed by atoms with Crippen LogP contribution in [0, 0.1) is 11.3 Å². The quantitative estimate of drug-likeness (QED) is 0.895. The van der Waals surface area contributed by atoms with Crippen LogP contribution in [0.5, 0.6) is 5.88 Å². The van der Waals surface area contributed by atoms with Crippen molar-refractivity contribution in [1.82, 2.24) is 4.98 Å². The van der Waals surface area contributed by atoms with Crippen LogP contribution in [0.2, 0.25) is 0 Å². The fraction of sp³-hybridized carbons (Fsp3) is 0.500. The van der Waals surface area contributed by atoms with E-state index in [2.05, 4.69) is 4.98 Å². The van der Waals surface area contributed by atoms with Crippen LogP contribution < -0.4 is 10.5 Å². The van der Waals surface area contributed by atoms with Crippen LogP contribution in [0.15, 0.2) is 12.1 Å². The zero-order valence-corrected chi connectivity index (χ0v) is 9.94. The third-order valence-electron chi connectivity index (χ3n) is 2.97. The number of nitrogens with two attached hydrogens (primary N) is 1. The number of alkyl halides is 3. The molecule has 0 saturated heterocycles. The molecule has 0 spiro atoms. The first-order valence-electron chi connectivity index (χ1n) is 5.80. The Kier molecular flexibility index (Phi) is 3.62. The van der Waals surface area contributed by atoms with E-state index in [-0.39, 0.29) is 23.6 Å². The van der Waals surface area contributed by atoms with Crippen molar-refractivity contribution in [2.45, 2.75) is 37.6 Å². The summed E-state index contributed by atoms with van der Waals surface area (Å²) < 4.78 is 43.1. The predicted octanol–water partition coefficient (Wildman–Crippen LogP) is 2.23. The van der Waals surface area contributed by atoms with Crippen LogP contribution in [0.3, 0.4) is 0 Å². The van der Waals surface area contributed by atoms with Crippen molar-refractivity contribution in [2.75, 3.05) is 0 Å². The number of nitrogens with zero attached hydrogens (tertiary/aromatic N) is 2. The molecule has 2 unspecified atom stereocenters. The summed E-state index contributed by atoms with van der Waals surface area (Å²) in [5, 5.41) is 8.86. The smallest absolute Gasteiger partial charge is 0.433 e. The predicted molar refractivity (Wildman–Crippen MR) is 60.2 cm³/mol. The topological polar surface area (TPSA) is 71.9 Å². The molecule has 1 aliphatic carbocycles. The van der Waals surface area contributed by atoms with E-state index >= 15 is 0 Å². The standard InChI is InChI=1S/C12H12F3N3O/c13-12(14,15)10-4-1-7(6-16)11(18-10)19-9-3-2-8(17)5-9/h1,4,8-9H,2-3,5,17H2. The molecule has 1 fully saturated rings. The van der Waals surface area contributed by atoms with Gasteiger partial charge in [0.1, 0.15) is 23.4 Å². The summed E-state index contributed by atoms with van der Waals surface area (Å²) >= 11 is 0. The molecule has 0 aliphatic heterocycles. The highest BCUT2D eigenvalue weighted by Gasteiger charge is 2.34. The summed E-state index contributed by atoms with van der Waals surface area (Å²) in [4.78, 5) is 3.39. The van der Waals surface area contributed by atoms with Crippen LogP contribution in [0.25, 0.3) is 0 Å². The number of nitriles is 1. The molecule has 19 heavy (non-hydrogen) atoms. The Bertz CT molecular complexity index is 510. The maximum atomic E-state index is 12.6. The monoisotopic (exact) mass is 271 g/mol. The van der Waals surface area contributed by atoms with Crippen molar-refractivity contribution in [2.24, 2.45) is 5.73 Å². The zero-order valence-electron chi connectivity index (χ0n) is 9.94. The summed E-state index contributed by atoms with van der Waals surface area (Å²) in [6.07, 6.45) is -2.87. The van der Waals surface area contributed by atoms with E-state index in [0.717, 1.165) is 18.6 Å². The van der Waals surface area contributed by atoms with Gasteiger partial charge >= 0.3 is 6.18 Å². The van der Waals surface area contributed by atoms with Gasteiger partial charge in [-0.3, -0.25) is 0 Å². The molecule has 1 aliphatic rings. The van der Waals surface area contributed by atoms with Crippen molar-refractivity contribution < 1.29 is 17.9 Å². The van der Waals surface area contributed by atoms with E-state index in [9.17, 15) is 13.2 Å². The lowest BCUT2D eigenvalue weighted by molar-refractivity contribution is -0.141. The maximum Gasteiger partial charge on any atom is 0.433 e. The van der Waals surface area contributed by atoms with Crippen LogP contribution in [-0.4, -0.2) is 17.1 Å². The first-order chi connectivity index (χ1) is 8.90. The van der Waals surface area contributed by atoms with Crippen LogP contribution in [0.4, 0.5) is 13.2 Å². The number of ether oxygens (including phenoxy) is 1. The van der Waals surface area contributed by atoms with Gasteiger partial charge in [0.15, 0.2) is 0 Å². The van der Waals surface area contributed by atoms with Gasteiger partial charge in [-0.2, -0.15) is 18.4 Å². The Balaban J connectivity index is 2.25. The van der Waals surface area contributed by atoms with Crippen molar-refractivity contribution in [3.63, 3.8) is 0 Å². The number of rotatable bonds is 2. The minimum atomic E-state index is -4.56. The van der Waals surface area contributed by atoms with Crippen molar-refractivity contribution in [3.8, 4) is 11.9 Å². The minimum absolute atomic E-state index is 0.00604. The zero-order chi connectivity index (χ0) is 14.0. The second-order valence-corrected chi connectivity index (χ2v) is 4.47. The third-order valence-corrected chi connectivity index (χ3v) is 2.97. The maximum absolute atomic E-state index is 12.6. The second kappa shape index (κ2) is 5.05. The Labute approximate surface area is 108 Å². The SMILES string of the molecule is N#Cc1ccc(C(F)(F)F)nc1OC1CCC(N)C1. The van der Waals surface area contributed by atoms with Gasteiger partial charge in [-0.25, -0.2) is 4.98 Å². The molecular weight excluding hydrogens is 259 g/mol. The molecule has 4 nitrogen and oxygen atoms in total.